The Morgan fingerprint density at radius 1 is 0.963 bits per heavy atom. The molecular weight excluding hydrogens is 338 g/mol. The fourth-order valence-corrected chi connectivity index (χ4v) is 2.75. The van der Waals surface area contributed by atoms with E-state index in [1.807, 2.05) is 55.5 Å². The third kappa shape index (κ3) is 4.85. The topological polar surface area (TPSA) is 63.2 Å². The van der Waals surface area contributed by atoms with Crippen LogP contribution < -0.4 is 15.4 Å². The van der Waals surface area contributed by atoms with Crippen molar-refractivity contribution in [2.75, 3.05) is 12.4 Å². The lowest BCUT2D eigenvalue weighted by molar-refractivity contribution is 0.0950. The number of hydrogen-bond acceptors (Lipinski definition) is 4. The van der Waals surface area contributed by atoms with Crippen molar-refractivity contribution in [3.05, 3.63) is 89.1 Å². The molecule has 1 aromatic heterocycles. The zero-order valence-corrected chi connectivity index (χ0v) is 15.5. The van der Waals surface area contributed by atoms with Crippen LogP contribution in [0.1, 0.15) is 27.0 Å². The average molecular weight is 361 g/mol. The van der Waals surface area contributed by atoms with Gasteiger partial charge in [0.1, 0.15) is 11.6 Å². The van der Waals surface area contributed by atoms with Gasteiger partial charge in [0.2, 0.25) is 0 Å². The van der Waals surface area contributed by atoms with Gasteiger partial charge >= 0.3 is 0 Å². The summed E-state index contributed by atoms with van der Waals surface area (Å²) < 4.78 is 5.34. The van der Waals surface area contributed by atoms with Crippen molar-refractivity contribution < 1.29 is 9.53 Å². The van der Waals surface area contributed by atoms with Crippen molar-refractivity contribution in [2.45, 2.75) is 20.0 Å². The molecule has 0 unspecified atom stereocenters. The fourth-order valence-electron chi connectivity index (χ4n) is 2.75. The molecule has 0 radical (unpaired) electrons. The quantitative estimate of drug-likeness (QED) is 0.669. The van der Waals surface area contributed by atoms with Crippen molar-refractivity contribution in [3.8, 4) is 5.75 Å². The number of carbonyl (C=O) groups excluding carboxylic acids is 1. The first-order chi connectivity index (χ1) is 13.2. The average Bonchev–Trinajstić information content (AvgIpc) is 2.72. The summed E-state index contributed by atoms with van der Waals surface area (Å²) >= 11 is 0. The summed E-state index contributed by atoms with van der Waals surface area (Å²) in [5, 5.41) is 6.18. The van der Waals surface area contributed by atoms with E-state index in [1.165, 1.54) is 0 Å². The molecule has 138 valence electrons. The molecule has 0 aliphatic heterocycles. The molecule has 1 heterocycles. The van der Waals surface area contributed by atoms with Gasteiger partial charge in [0.25, 0.3) is 5.91 Å². The Hall–Kier alpha value is -3.34. The lowest BCUT2D eigenvalue weighted by Crippen LogP contribution is -2.23. The van der Waals surface area contributed by atoms with Gasteiger partial charge in [0.05, 0.1) is 12.7 Å². The van der Waals surface area contributed by atoms with Crippen LogP contribution in [0.2, 0.25) is 0 Å². The van der Waals surface area contributed by atoms with Gasteiger partial charge in [-0.3, -0.25) is 4.79 Å². The van der Waals surface area contributed by atoms with Crippen molar-refractivity contribution in [1.82, 2.24) is 10.3 Å². The summed E-state index contributed by atoms with van der Waals surface area (Å²) in [5.74, 6) is 1.40. The van der Waals surface area contributed by atoms with E-state index in [4.69, 9.17) is 4.74 Å². The van der Waals surface area contributed by atoms with Crippen molar-refractivity contribution in [2.24, 2.45) is 0 Å². The molecule has 0 saturated heterocycles. The number of para-hydroxylation sites is 1. The number of pyridine rings is 1. The molecule has 27 heavy (non-hydrogen) atoms. The number of carbonyl (C=O) groups is 1. The number of hydrogen-bond donors (Lipinski definition) is 2. The highest BCUT2D eigenvalue weighted by Crippen LogP contribution is 2.18. The first-order valence-corrected chi connectivity index (χ1v) is 8.82. The van der Waals surface area contributed by atoms with Gasteiger partial charge in [0.15, 0.2) is 0 Å². The van der Waals surface area contributed by atoms with Gasteiger partial charge in [-0.1, -0.05) is 42.5 Å². The Balaban J connectivity index is 1.56. The zero-order chi connectivity index (χ0) is 19.1. The minimum atomic E-state index is -0.137. The Morgan fingerprint density at radius 2 is 1.70 bits per heavy atom. The molecule has 3 rings (SSSR count). The van der Waals surface area contributed by atoms with E-state index in [0.29, 0.717) is 24.5 Å². The van der Waals surface area contributed by atoms with Crippen LogP contribution in [0, 0.1) is 6.92 Å². The minimum absolute atomic E-state index is 0.137. The van der Waals surface area contributed by atoms with Gasteiger partial charge in [-0.2, -0.15) is 0 Å². The maximum Gasteiger partial charge on any atom is 0.253 e. The highest BCUT2D eigenvalue weighted by atomic mass is 16.5. The lowest BCUT2D eigenvalue weighted by atomic mass is 10.1. The van der Waals surface area contributed by atoms with Crippen molar-refractivity contribution in [1.29, 1.82) is 0 Å². The Morgan fingerprint density at radius 3 is 2.41 bits per heavy atom. The molecular formula is C22H23N3O2. The summed E-state index contributed by atoms with van der Waals surface area (Å²) in [6, 6.07) is 19.4. The van der Waals surface area contributed by atoms with Crippen LogP contribution in [-0.4, -0.2) is 18.0 Å². The Labute approximate surface area is 159 Å². The molecule has 2 aromatic carbocycles. The van der Waals surface area contributed by atoms with E-state index < -0.39 is 0 Å². The van der Waals surface area contributed by atoms with Gasteiger partial charge < -0.3 is 15.4 Å². The summed E-state index contributed by atoms with van der Waals surface area (Å²) in [5.41, 5.74) is 3.84. The molecule has 2 N–H and O–H groups in total. The Kier molecular flexibility index (Phi) is 6.05. The first-order valence-electron chi connectivity index (χ1n) is 8.82. The van der Waals surface area contributed by atoms with Crippen LogP contribution in [0.3, 0.4) is 0 Å². The molecule has 0 spiro atoms. The van der Waals surface area contributed by atoms with E-state index in [0.717, 1.165) is 22.4 Å². The summed E-state index contributed by atoms with van der Waals surface area (Å²) in [4.78, 5) is 16.6. The summed E-state index contributed by atoms with van der Waals surface area (Å²) in [6.45, 7) is 3.13. The van der Waals surface area contributed by atoms with Crippen LogP contribution in [-0.2, 0) is 13.1 Å². The number of nitrogens with one attached hydrogen (secondary N) is 2. The van der Waals surface area contributed by atoms with Crippen molar-refractivity contribution >= 4 is 11.7 Å². The van der Waals surface area contributed by atoms with Gasteiger partial charge in [-0.25, -0.2) is 4.98 Å². The molecule has 3 aromatic rings. The smallest absolute Gasteiger partial charge is 0.253 e. The number of rotatable bonds is 7. The number of aryl methyl sites for hydroxylation is 1. The van der Waals surface area contributed by atoms with Gasteiger partial charge in [0, 0.05) is 24.8 Å². The predicted octanol–water partition coefficient (Wildman–Crippen LogP) is 3.94. The van der Waals surface area contributed by atoms with E-state index in [2.05, 4.69) is 15.6 Å². The second-order valence-corrected chi connectivity index (χ2v) is 6.21. The number of benzene rings is 2. The Bertz CT molecular complexity index is 907. The summed E-state index contributed by atoms with van der Waals surface area (Å²) in [7, 11) is 1.65. The monoisotopic (exact) mass is 361 g/mol. The number of methoxy groups -OCH3 is 1. The first kappa shape index (κ1) is 18.5. The molecule has 0 aliphatic rings. The fraction of sp³-hybridized carbons (Fsp3) is 0.182. The van der Waals surface area contributed by atoms with Gasteiger partial charge in [-0.05, 0) is 36.2 Å². The van der Waals surface area contributed by atoms with Gasteiger partial charge in [-0.15, -0.1) is 0 Å². The van der Waals surface area contributed by atoms with Crippen LogP contribution in [0.15, 0.2) is 66.9 Å². The highest BCUT2D eigenvalue weighted by Gasteiger charge is 2.07. The molecule has 5 nitrogen and oxygen atoms in total. The largest absolute Gasteiger partial charge is 0.496 e. The number of nitrogens with zero attached hydrogens (tertiary/aromatic N) is 1. The molecule has 0 aliphatic carbocycles. The minimum Gasteiger partial charge on any atom is -0.496 e. The van der Waals surface area contributed by atoms with Crippen LogP contribution in [0.25, 0.3) is 0 Å². The predicted molar refractivity (Wildman–Crippen MR) is 107 cm³/mol. The van der Waals surface area contributed by atoms with Crippen molar-refractivity contribution in [3.63, 3.8) is 0 Å². The molecule has 0 bridgehead atoms. The zero-order valence-electron chi connectivity index (χ0n) is 15.5. The van der Waals surface area contributed by atoms with Crippen LogP contribution in [0.4, 0.5) is 5.82 Å². The lowest BCUT2D eigenvalue weighted by Gasteiger charge is -2.10. The SMILES string of the molecule is COc1ccccc1CNc1ccc(C(=O)NCc2ccccc2C)cn1. The molecule has 5 heteroatoms. The van der Waals surface area contributed by atoms with Crippen LogP contribution >= 0.6 is 0 Å². The van der Waals surface area contributed by atoms with E-state index in [1.54, 1.807) is 25.4 Å². The normalized spacial score (nSPS) is 10.3. The van der Waals surface area contributed by atoms with Crippen LogP contribution in [0.5, 0.6) is 5.75 Å². The third-order valence-electron chi connectivity index (χ3n) is 4.38. The standard InChI is InChI=1S/C22H23N3O2/c1-16-7-3-4-8-17(16)13-25-22(26)19-11-12-21(24-15-19)23-14-18-9-5-6-10-20(18)27-2/h3-12,15H,13-14H2,1-2H3,(H,23,24)(H,25,26). The van der Waals surface area contributed by atoms with E-state index in [-0.39, 0.29) is 5.91 Å². The number of ether oxygens (including phenoxy) is 1. The molecule has 0 fully saturated rings. The number of amides is 1. The summed E-state index contributed by atoms with van der Waals surface area (Å²) in [6.07, 6.45) is 1.58. The second kappa shape index (κ2) is 8.85. The highest BCUT2D eigenvalue weighted by molar-refractivity contribution is 5.94. The van der Waals surface area contributed by atoms with E-state index >= 15 is 0 Å². The van der Waals surface area contributed by atoms with E-state index in [9.17, 15) is 4.79 Å². The molecule has 1 amide bonds. The second-order valence-electron chi connectivity index (χ2n) is 6.21. The maximum atomic E-state index is 12.3. The maximum absolute atomic E-state index is 12.3. The number of anilines is 1. The number of aromatic nitrogens is 1. The molecule has 0 atom stereocenters. The third-order valence-corrected chi connectivity index (χ3v) is 4.38. The molecule has 0 saturated carbocycles.